The van der Waals surface area contributed by atoms with Crippen LogP contribution in [0.5, 0.6) is 11.5 Å². The minimum atomic E-state index is -4.54. The second-order valence-corrected chi connectivity index (χ2v) is 8.16. The monoisotopic (exact) mass is 405 g/mol. The van der Waals surface area contributed by atoms with Gasteiger partial charge in [0.2, 0.25) is 0 Å². The van der Waals surface area contributed by atoms with E-state index in [4.69, 9.17) is 9.47 Å². The van der Waals surface area contributed by atoms with Crippen molar-refractivity contribution < 1.29 is 31.1 Å². The van der Waals surface area contributed by atoms with Crippen LogP contribution in [-0.4, -0.2) is 39.1 Å². The molecule has 0 amide bonds. The first kappa shape index (κ1) is 20.8. The second kappa shape index (κ2) is 7.63. The molecule has 0 aliphatic heterocycles. The summed E-state index contributed by atoms with van der Waals surface area (Å²) in [6.07, 6.45) is -2.08. The van der Waals surface area contributed by atoms with Gasteiger partial charge in [-0.1, -0.05) is 6.07 Å². The van der Waals surface area contributed by atoms with E-state index in [0.717, 1.165) is 6.26 Å². The first-order valence-corrected chi connectivity index (χ1v) is 9.71. The molecule has 0 spiro atoms. The summed E-state index contributed by atoms with van der Waals surface area (Å²) in [6.45, 7) is -1.51. The van der Waals surface area contributed by atoms with Gasteiger partial charge in [0, 0.05) is 30.6 Å². The number of aryl methyl sites for hydroxylation is 1. The van der Waals surface area contributed by atoms with Crippen LogP contribution in [0, 0.1) is 0 Å². The Kier molecular flexibility index (Phi) is 5.88. The molecule has 2 rings (SSSR count). The Labute approximate surface area is 154 Å². The largest absolute Gasteiger partial charge is 0.491 e. The van der Waals surface area contributed by atoms with Crippen LogP contribution in [0.1, 0.15) is 5.56 Å². The van der Waals surface area contributed by atoms with Crippen LogP contribution in [0.25, 0.3) is 11.1 Å². The van der Waals surface area contributed by atoms with E-state index in [2.05, 4.69) is 0 Å². The molecule has 0 aliphatic rings. The Morgan fingerprint density at radius 3 is 2.37 bits per heavy atom. The van der Waals surface area contributed by atoms with Crippen molar-refractivity contribution in [3.05, 3.63) is 46.4 Å². The number of pyridine rings is 1. The maximum atomic E-state index is 12.5. The van der Waals surface area contributed by atoms with E-state index in [0.29, 0.717) is 11.1 Å². The standard InChI is InChI=1S/C17H18F3NO5S/c1-21-8-12(7-15(25-2)16(21)22)13-6-11(9-27(3,23)24)4-5-14(13)26-10-17(18,19)20/h4-8H,9-10H2,1-3H3. The fourth-order valence-corrected chi connectivity index (χ4v) is 3.24. The number of alkyl halides is 3. The molecule has 10 heteroatoms. The summed E-state index contributed by atoms with van der Waals surface area (Å²) in [4.78, 5) is 12.0. The fourth-order valence-electron chi connectivity index (χ4n) is 2.46. The fraction of sp³-hybridized carbons (Fsp3) is 0.353. The first-order valence-electron chi connectivity index (χ1n) is 7.65. The van der Waals surface area contributed by atoms with E-state index in [-0.39, 0.29) is 22.8 Å². The summed E-state index contributed by atoms with van der Waals surface area (Å²) in [5.74, 6) is -0.391. The Bertz CT molecular complexity index is 997. The van der Waals surface area contributed by atoms with Crippen LogP contribution < -0.4 is 15.0 Å². The van der Waals surface area contributed by atoms with Crippen LogP contribution >= 0.6 is 0 Å². The summed E-state index contributed by atoms with van der Waals surface area (Å²) >= 11 is 0. The second-order valence-electron chi connectivity index (χ2n) is 6.02. The van der Waals surface area contributed by atoms with E-state index in [1.165, 1.54) is 49.2 Å². The van der Waals surface area contributed by atoms with Crippen LogP contribution in [0.4, 0.5) is 13.2 Å². The van der Waals surface area contributed by atoms with Crippen molar-refractivity contribution in [3.8, 4) is 22.6 Å². The van der Waals surface area contributed by atoms with Crippen molar-refractivity contribution in [1.29, 1.82) is 0 Å². The zero-order valence-electron chi connectivity index (χ0n) is 14.8. The SMILES string of the molecule is COc1cc(-c2cc(CS(C)(=O)=O)ccc2OCC(F)(F)F)cn(C)c1=O. The molecule has 0 radical (unpaired) electrons. The zero-order valence-corrected chi connectivity index (χ0v) is 15.6. The average Bonchev–Trinajstić information content (AvgIpc) is 2.53. The molecule has 6 nitrogen and oxygen atoms in total. The highest BCUT2D eigenvalue weighted by molar-refractivity contribution is 7.89. The zero-order chi connectivity index (χ0) is 20.4. The van der Waals surface area contributed by atoms with Crippen molar-refractivity contribution in [2.45, 2.75) is 11.9 Å². The van der Waals surface area contributed by atoms with Crippen LogP contribution in [0.3, 0.4) is 0 Å². The third-order valence-corrected chi connectivity index (χ3v) is 4.40. The number of methoxy groups -OCH3 is 1. The van der Waals surface area contributed by atoms with Gasteiger partial charge in [-0.05, 0) is 23.8 Å². The summed E-state index contributed by atoms with van der Waals surface area (Å²) in [5, 5.41) is 0. The summed E-state index contributed by atoms with van der Waals surface area (Å²) < 4.78 is 71.8. The third kappa shape index (κ3) is 5.75. The Morgan fingerprint density at radius 1 is 1.15 bits per heavy atom. The molecule has 2 aromatic rings. The van der Waals surface area contributed by atoms with Crippen molar-refractivity contribution in [2.75, 3.05) is 20.0 Å². The highest BCUT2D eigenvalue weighted by Crippen LogP contribution is 2.33. The number of rotatable bonds is 6. The van der Waals surface area contributed by atoms with Crippen LogP contribution in [-0.2, 0) is 22.6 Å². The van der Waals surface area contributed by atoms with Gasteiger partial charge >= 0.3 is 6.18 Å². The molecule has 148 valence electrons. The van der Waals surface area contributed by atoms with Crippen LogP contribution in [0.15, 0.2) is 35.3 Å². The lowest BCUT2D eigenvalue weighted by Gasteiger charge is -2.16. The van der Waals surface area contributed by atoms with E-state index in [1.807, 2.05) is 0 Å². The van der Waals surface area contributed by atoms with Gasteiger partial charge in [0.1, 0.15) is 5.75 Å². The summed E-state index contributed by atoms with van der Waals surface area (Å²) in [6, 6.07) is 5.45. The van der Waals surface area contributed by atoms with Crippen molar-refractivity contribution >= 4 is 9.84 Å². The van der Waals surface area contributed by atoms with Crippen molar-refractivity contribution in [3.63, 3.8) is 0 Å². The number of aromatic nitrogens is 1. The number of hydrogen-bond donors (Lipinski definition) is 0. The van der Waals surface area contributed by atoms with Crippen LogP contribution in [0.2, 0.25) is 0 Å². The van der Waals surface area contributed by atoms with Gasteiger partial charge in [-0.15, -0.1) is 0 Å². The summed E-state index contributed by atoms with van der Waals surface area (Å²) in [7, 11) is -0.596. The Morgan fingerprint density at radius 2 is 1.81 bits per heavy atom. The molecule has 1 aromatic heterocycles. The van der Waals surface area contributed by atoms with E-state index < -0.39 is 28.2 Å². The van der Waals surface area contributed by atoms with Gasteiger partial charge in [-0.2, -0.15) is 13.2 Å². The molecule has 0 N–H and O–H groups in total. The Balaban J connectivity index is 2.60. The molecule has 0 fully saturated rings. The van der Waals surface area contributed by atoms with Gasteiger partial charge in [-0.3, -0.25) is 4.79 Å². The predicted molar refractivity (Wildman–Crippen MR) is 93.8 cm³/mol. The quantitative estimate of drug-likeness (QED) is 0.739. The first-order chi connectivity index (χ1) is 12.4. The molecule has 0 unspecified atom stereocenters. The van der Waals surface area contributed by atoms with Gasteiger partial charge in [0.15, 0.2) is 22.2 Å². The van der Waals surface area contributed by atoms with E-state index in [9.17, 15) is 26.4 Å². The molecular formula is C17H18F3NO5S. The molecule has 0 saturated carbocycles. The van der Waals surface area contributed by atoms with Gasteiger partial charge in [0.25, 0.3) is 5.56 Å². The predicted octanol–water partition coefficient (Wildman–Crippen LogP) is 2.55. The lowest BCUT2D eigenvalue weighted by molar-refractivity contribution is -0.153. The minimum absolute atomic E-state index is 0.00899. The maximum Gasteiger partial charge on any atom is 0.422 e. The van der Waals surface area contributed by atoms with Gasteiger partial charge < -0.3 is 14.0 Å². The Hall–Kier alpha value is -2.49. The molecule has 0 atom stereocenters. The third-order valence-electron chi connectivity index (χ3n) is 3.55. The maximum absolute atomic E-state index is 12.5. The molecule has 27 heavy (non-hydrogen) atoms. The number of sulfone groups is 1. The molecule has 0 aliphatic carbocycles. The highest BCUT2D eigenvalue weighted by atomic mass is 32.2. The van der Waals surface area contributed by atoms with Gasteiger partial charge in [-0.25, -0.2) is 8.42 Å². The molecule has 1 heterocycles. The lowest BCUT2D eigenvalue weighted by atomic mass is 10.0. The van der Waals surface area contributed by atoms with Crippen molar-refractivity contribution in [1.82, 2.24) is 4.57 Å². The highest BCUT2D eigenvalue weighted by Gasteiger charge is 2.29. The minimum Gasteiger partial charge on any atom is -0.491 e. The number of halogens is 3. The summed E-state index contributed by atoms with van der Waals surface area (Å²) in [5.41, 5.74) is 0.516. The number of hydrogen-bond acceptors (Lipinski definition) is 5. The van der Waals surface area contributed by atoms with E-state index >= 15 is 0 Å². The number of ether oxygens (including phenoxy) is 2. The van der Waals surface area contributed by atoms with Gasteiger partial charge in [0.05, 0.1) is 12.9 Å². The smallest absolute Gasteiger partial charge is 0.422 e. The number of nitrogens with zero attached hydrogens (tertiary/aromatic N) is 1. The average molecular weight is 405 g/mol. The molecule has 0 bridgehead atoms. The number of benzene rings is 1. The van der Waals surface area contributed by atoms with Crippen molar-refractivity contribution in [2.24, 2.45) is 7.05 Å². The molecule has 1 aromatic carbocycles. The normalized spacial score (nSPS) is 12.1. The molecular weight excluding hydrogens is 387 g/mol. The molecule has 0 saturated heterocycles. The lowest BCUT2D eigenvalue weighted by Crippen LogP contribution is -2.20. The van der Waals surface area contributed by atoms with E-state index in [1.54, 1.807) is 0 Å². The topological polar surface area (TPSA) is 74.6 Å².